The van der Waals surface area contributed by atoms with E-state index in [2.05, 4.69) is 29.3 Å². The van der Waals surface area contributed by atoms with Gasteiger partial charge in [-0.1, -0.05) is 37.3 Å². The number of Topliss-reactive ketones (excluding diaryl/α,β-unsaturated/α-hetero) is 1. The van der Waals surface area contributed by atoms with E-state index in [0.717, 1.165) is 25.2 Å². The van der Waals surface area contributed by atoms with E-state index in [4.69, 9.17) is 0 Å². The Hall–Kier alpha value is -2.10. The van der Waals surface area contributed by atoms with Crippen LogP contribution in [0, 0.1) is 5.92 Å². The van der Waals surface area contributed by atoms with Crippen LogP contribution in [-0.4, -0.2) is 29.2 Å². The van der Waals surface area contributed by atoms with E-state index in [-0.39, 0.29) is 17.7 Å². The molecule has 1 saturated heterocycles. The quantitative estimate of drug-likeness (QED) is 0.862. The Morgan fingerprint density at radius 3 is 2.71 bits per heavy atom. The zero-order valence-corrected chi connectivity index (χ0v) is 12.4. The number of hydrogen-bond acceptors (Lipinski definition) is 3. The van der Waals surface area contributed by atoms with Gasteiger partial charge in [0.1, 0.15) is 5.57 Å². The van der Waals surface area contributed by atoms with Crippen molar-refractivity contribution in [3.05, 3.63) is 47.2 Å². The number of ketones is 1. The number of rotatable bonds is 3. The molecule has 1 amide bonds. The standard InChI is InChI=1S/C17H20N2O2/c1-11-8-9-19(10-13-6-4-3-5-7-13)16-14(12(2)20)17(21)18-15(11)16/h3-7,11,15H,8-10H2,1-2H3,(H,18,21)/t11-,15+/m0/s1. The second-order valence-electron chi connectivity index (χ2n) is 5.94. The molecule has 2 atom stereocenters. The lowest BCUT2D eigenvalue weighted by Crippen LogP contribution is -2.45. The van der Waals surface area contributed by atoms with Gasteiger partial charge < -0.3 is 10.2 Å². The van der Waals surface area contributed by atoms with Gasteiger partial charge in [-0.15, -0.1) is 0 Å². The first kappa shape index (κ1) is 13.9. The summed E-state index contributed by atoms with van der Waals surface area (Å²) in [7, 11) is 0. The molecule has 2 aliphatic rings. The molecule has 21 heavy (non-hydrogen) atoms. The fourth-order valence-corrected chi connectivity index (χ4v) is 3.28. The number of carbonyl (C=O) groups excluding carboxylic acids is 2. The summed E-state index contributed by atoms with van der Waals surface area (Å²) in [6, 6.07) is 10.1. The molecular formula is C17H20N2O2. The van der Waals surface area contributed by atoms with Gasteiger partial charge in [0.25, 0.3) is 5.91 Å². The first-order chi connectivity index (χ1) is 10.1. The van der Waals surface area contributed by atoms with E-state index < -0.39 is 0 Å². The largest absolute Gasteiger partial charge is 0.368 e. The van der Waals surface area contributed by atoms with Crippen molar-refractivity contribution < 1.29 is 9.59 Å². The predicted molar refractivity (Wildman–Crippen MR) is 80.3 cm³/mol. The Morgan fingerprint density at radius 1 is 1.33 bits per heavy atom. The highest BCUT2D eigenvalue weighted by Crippen LogP contribution is 2.34. The van der Waals surface area contributed by atoms with Crippen LogP contribution in [0.5, 0.6) is 0 Å². The second-order valence-corrected chi connectivity index (χ2v) is 5.94. The van der Waals surface area contributed by atoms with E-state index >= 15 is 0 Å². The fraction of sp³-hybridized carbons (Fsp3) is 0.412. The summed E-state index contributed by atoms with van der Waals surface area (Å²) in [6.45, 7) is 5.23. The van der Waals surface area contributed by atoms with E-state index in [0.29, 0.717) is 11.5 Å². The van der Waals surface area contributed by atoms with Crippen LogP contribution in [-0.2, 0) is 16.1 Å². The molecule has 0 aromatic heterocycles. The zero-order valence-electron chi connectivity index (χ0n) is 12.4. The van der Waals surface area contributed by atoms with Gasteiger partial charge in [-0.25, -0.2) is 0 Å². The highest BCUT2D eigenvalue weighted by Gasteiger charge is 2.42. The predicted octanol–water partition coefficient (Wildman–Crippen LogP) is 1.87. The minimum Gasteiger partial charge on any atom is -0.368 e. The lowest BCUT2D eigenvalue weighted by molar-refractivity contribution is -0.121. The van der Waals surface area contributed by atoms with Crippen molar-refractivity contribution in [2.75, 3.05) is 6.54 Å². The topological polar surface area (TPSA) is 49.4 Å². The number of nitrogens with one attached hydrogen (secondary N) is 1. The maximum Gasteiger partial charge on any atom is 0.257 e. The molecule has 2 heterocycles. The third kappa shape index (κ3) is 2.46. The van der Waals surface area contributed by atoms with Crippen molar-refractivity contribution in [2.24, 2.45) is 5.92 Å². The summed E-state index contributed by atoms with van der Waals surface area (Å²) in [4.78, 5) is 26.2. The van der Waals surface area contributed by atoms with Crippen LogP contribution in [0.1, 0.15) is 25.8 Å². The molecule has 0 saturated carbocycles. The summed E-state index contributed by atoms with van der Waals surface area (Å²) in [6.07, 6.45) is 1.02. The van der Waals surface area contributed by atoms with E-state index in [1.807, 2.05) is 18.2 Å². The molecular weight excluding hydrogens is 264 g/mol. The lowest BCUT2D eigenvalue weighted by Gasteiger charge is -2.38. The monoisotopic (exact) mass is 284 g/mol. The Bertz CT molecular complexity index is 606. The molecule has 1 fully saturated rings. The molecule has 4 nitrogen and oxygen atoms in total. The normalized spacial score (nSPS) is 24.9. The van der Waals surface area contributed by atoms with Crippen molar-refractivity contribution in [3.8, 4) is 0 Å². The summed E-state index contributed by atoms with van der Waals surface area (Å²) < 4.78 is 0. The van der Waals surface area contributed by atoms with Gasteiger partial charge >= 0.3 is 0 Å². The molecule has 4 heteroatoms. The van der Waals surface area contributed by atoms with Crippen molar-refractivity contribution in [1.82, 2.24) is 10.2 Å². The number of amides is 1. The molecule has 2 aliphatic heterocycles. The summed E-state index contributed by atoms with van der Waals surface area (Å²) in [5, 5.41) is 2.98. The Labute approximate surface area is 124 Å². The first-order valence-electron chi connectivity index (χ1n) is 7.42. The molecule has 1 N–H and O–H groups in total. The summed E-state index contributed by atoms with van der Waals surface area (Å²) >= 11 is 0. The first-order valence-corrected chi connectivity index (χ1v) is 7.42. The molecule has 0 bridgehead atoms. The minimum absolute atomic E-state index is 0.0196. The van der Waals surface area contributed by atoms with Crippen molar-refractivity contribution in [3.63, 3.8) is 0 Å². The van der Waals surface area contributed by atoms with Gasteiger partial charge in [-0.2, -0.15) is 0 Å². The van der Waals surface area contributed by atoms with Crippen molar-refractivity contribution in [1.29, 1.82) is 0 Å². The Morgan fingerprint density at radius 2 is 2.05 bits per heavy atom. The average molecular weight is 284 g/mol. The second kappa shape index (κ2) is 5.35. The highest BCUT2D eigenvalue weighted by atomic mass is 16.2. The number of carbonyl (C=O) groups is 2. The van der Waals surface area contributed by atoms with Crippen molar-refractivity contribution in [2.45, 2.75) is 32.9 Å². The molecule has 0 radical (unpaired) electrons. The highest BCUT2D eigenvalue weighted by molar-refractivity contribution is 6.20. The van der Waals surface area contributed by atoms with E-state index in [9.17, 15) is 9.59 Å². The van der Waals surface area contributed by atoms with Crippen LogP contribution in [0.4, 0.5) is 0 Å². The van der Waals surface area contributed by atoms with Gasteiger partial charge in [-0.3, -0.25) is 9.59 Å². The number of nitrogens with zero attached hydrogens (tertiary/aromatic N) is 1. The van der Waals surface area contributed by atoms with Crippen LogP contribution in [0.3, 0.4) is 0 Å². The van der Waals surface area contributed by atoms with E-state index in [1.165, 1.54) is 12.5 Å². The zero-order chi connectivity index (χ0) is 15.0. The van der Waals surface area contributed by atoms with Gasteiger partial charge in [0.2, 0.25) is 0 Å². The van der Waals surface area contributed by atoms with Gasteiger partial charge in [0.15, 0.2) is 5.78 Å². The third-order valence-corrected chi connectivity index (χ3v) is 4.40. The van der Waals surface area contributed by atoms with Crippen LogP contribution >= 0.6 is 0 Å². The molecule has 1 aromatic rings. The Balaban J connectivity index is 1.96. The van der Waals surface area contributed by atoms with Gasteiger partial charge in [0, 0.05) is 13.1 Å². The molecule has 0 unspecified atom stereocenters. The fourth-order valence-electron chi connectivity index (χ4n) is 3.28. The average Bonchev–Trinajstić information content (AvgIpc) is 2.81. The van der Waals surface area contributed by atoms with Crippen molar-refractivity contribution >= 4 is 11.7 Å². The van der Waals surface area contributed by atoms with E-state index in [1.54, 1.807) is 0 Å². The van der Waals surface area contributed by atoms with Gasteiger partial charge in [0.05, 0.1) is 11.7 Å². The third-order valence-electron chi connectivity index (χ3n) is 4.40. The lowest BCUT2D eigenvalue weighted by atomic mass is 9.89. The van der Waals surface area contributed by atoms with Crippen LogP contribution in [0.25, 0.3) is 0 Å². The summed E-state index contributed by atoms with van der Waals surface area (Å²) in [5.74, 6) is 0.0132. The molecule has 110 valence electrons. The number of benzene rings is 1. The molecule has 0 spiro atoms. The van der Waals surface area contributed by atoms with Gasteiger partial charge in [-0.05, 0) is 24.8 Å². The number of likely N-dealkylation sites (tertiary alicyclic amines) is 1. The SMILES string of the molecule is CC(=O)C1=C2[C@H](NC1=O)[C@@H](C)CCN2Cc1ccccc1. The maximum atomic E-state index is 12.1. The summed E-state index contributed by atoms with van der Waals surface area (Å²) in [5.41, 5.74) is 2.44. The van der Waals surface area contributed by atoms with Crippen LogP contribution in [0.15, 0.2) is 41.6 Å². The Kier molecular flexibility index (Phi) is 3.53. The number of piperidine rings is 1. The smallest absolute Gasteiger partial charge is 0.257 e. The molecule has 0 aliphatic carbocycles. The molecule has 3 rings (SSSR count). The maximum absolute atomic E-state index is 12.1. The minimum atomic E-state index is -0.214. The van der Waals surface area contributed by atoms with Crippen LogP contribution in [0.2, 0.25) is 0 Å². The number of hydrogen-bond donors (Lipinski definition) is 1. The van der Waals surface area contributed by atoms with Crippen LogP contribution < -0.4 is 5.32 Å². The number of fused-ring (bicyclic) bond motifs is 1. The molecule has 1 aromatic carbocycles.